The van der Waals surface area contributed by atoms with Gasteiger partial charge in [-0.1, -0.05) is 10.3 Å². The van der Waals surface area contributed by atoms with Crippen LogP contribution in [0.4, 0.5) is 0 Å². The van der Waals surface area contributed by atoms with E-state index >= 15 is 0 Å². The zero-order valence-corrected chi connectivity index (χ0v) is 8.83. The minimum Gasteiger partial charge on any atom is -0.242 e. The average Bonchev–Trinajstić information content (AvgIpc) is 3.05. The second-order valence-electron chi connectivity index (χ2n) is 4.53. The number of aromatic amines is 1. The second kappa shape index (κ2) is 3.15. The van der Waals surface area contributed by atoms with Gasteiger partial charge >= 0.3 is 0 Å². The van der Waals surface area contributed by atoms with Crippen molar-refractivity contribution in [1.82, 2.24) is 20.2 Å². The van der Waals surface area contributed by atoms with Gasteiger partial charge in [0.25, 0.3) is 0 Å². The molecule has 0 radical (unpaired) electrons. The third kappa shape index (κ3) is 1.61. The van der Waals surface area contributed by atoms with Gasteiger partial charge in [0.1, 0.15) is 0 Å². The Bertz CT molecular complexity index is 362. The smallest absolute Gasteiger partial charge is 0.238 e. The predicted octanol–water partition coefficient (Wildman–Crippen LogP) is 1.77. The molecule has 0 atom stereocenters. The lowest BCUT2D eigenvalue weighted by atomic mass is 9.98. The molecule has 3 rings (SSSR count). The number of H-pyrrole nitrogens is 1. The lowest BCUT2D eigenvalue weighted by Crippen LogP contribution is -2.16. The number of rotatable bonds is 4. The fourth-order valence-electron chi connectivity index (χ4n) is 2.28. The summed E-state index contributed by atoms with van der Waals surface area (Å²) in [4.78, 5) is 0. The van der Waals surface area contributed by atoms with Gasteiger partial charge in [-0.3, -0.25) is 0 Å². The first-order chi connectivity index (χ1) is 6.84. The Morgan fingerprint density at radius 1 is 1.36 bits per heavy atom. The van der Waals surface area contributed by atoms with Crippen molar-refractivity contribution in [2.45, 2.75) is 32.2 Å². The Balaban J connectivity index is 1.74. The van der Waals surface area contributed by atoms with E-state index in [-0.39, 0.29) is 0 Å². The quantitative estimate of drug-likeness (QED) is 0.770. The van der Waals surface area contributed by atoms with Crippen molar-refractivity contribution in [2.24, 2.45) is 17.8 Å². The standard InChI is InChI=1S/C9H14N4S/c14-9-10-11-12-13(9)5-8(6-1-2-6)7-3-4-7/h6-8H,1-5H2,(H,10,12,14). The van der Waals surface area contributed by atoms with Gasteiger partial charge in [-0.25, -0.2) is 4.68 Å². The van der Waals surface area contributed by atoms with E-state index in [0.717, 1.165) is 24.3 Å². The first-order valence-corrected chi connectivity index (χ1v) is 5.73. The highest BCUT2D eigenvalue weighted by molar-refractivity contribution is 7.71. The fraction of sp³-hybridized carbons (Fsp3) is 0.889. The molecule has 2 aliphatic carbocycles. The van der Waals surface area contributed by atoms with Crippen molar-refractivity contribution < 1.29 is 0 Å². The number of tetrazole rings is 1. The highest BCUT2D eigenvalue weighted by Gasteiger charge is 2.41. The van der Waals surface area contributed by atoms with Crippen LogP contribution in [0.2, 0.25) is 0 Å². The summed E-state index contributed by atoms with van der Waals surface area (Å²) in [6.07, 6.45) is 5.65. The van der Waals surface area contributed by atoms with Crippen LogP contribution in [0.5, 0.6) is 0 Å². The first kappa shape index (κ1) is 8.59. The Morgan fingerprint density at radius 2 is 2.00 bits per heavy atom. The summed E-state index contributed by atoms with van der Waals surface area (Å²) in [5, 5.41) is 10.4. The van der Waals surface area contributed by atoms with Crippen LogP contribution in [0.3, 0.4) is 0 Å². The molecule has 0 aromatic carbocycles. The maximum atomic E-state index is 5.08. The van der Waals surface area contributed by atoms with Gasteiger partial charge in [0.15, 0.2) is 0 Å². The van der Waals surface area contributed by atoms with E-state index in [9.17, 15) is 0 Å². The Hall–Kier alpha value is -0.710. The summed E-state index contributed by atoms with van der Waals surface area (Å²) < 4.78 is 2.51. The van der Waals surface area contributed by atoms with E-state index in [2.05, 4.69) is 15.5 Å². The summed E-state index contributed by atoms with van der Waals surface area (Å²) in [5.41, 5.74) is 0. The Kier molecular flexibility index (Phi) is 1.93. The highest BCUT2D eigenvalue weighted by Crippen LogP contribution is 2.49. The minimum absolute atomic E-state index is 0.594. The van der Waals surface area contributed by atoms with Gasteiger partial charge in [-0.15, -0.1) is 0 Å². The monoisotopic (exact) mass is 210 g/mol. The van der Waals surface area contributed by atoms with Gasteiger partial charge in [0.2, 0.25) is 4.77 Å². The van der Waals surface area contributed by atoms with E-state index in [1.54, 1.807) is 0 Å². The molecule has 1 N–H and O–H groups in total. The van der Waals surface area contributed by atoms with E-state index in [4.69, 9.17) is 12.2 Å². The van der Waals surface area contributed by atoms with Gasteiger partial charge in [-0.2, -0.15) is 5.21 Å². The molecule has 0 bridgehead atoms. The van der Waals surface area contributed by atoms with Crippen LogP contribution in [0.25, 0.3) is 0 Å². The summed E-state index contributed by atoms with van der Waals surface area (Å²) in [7, 11) is 0. The zero-order valence-electron chi connectivity index (χ0n) is 8.02. The van der Waals surface area contributed by atoms with Crippen LogP contribution < -0.4 is 0 Å². The topological polar surface area (TPSA) is 46.5 Å². The van der Waals surface area contributed by atoms with E-state index < -0.39 is 0 Å². The maximum absolute atomic E-state index is 5.08. The lowest BCUT2D eigenvalue weighted by molar-refractivity contribution is 0.328. The zero-order chi connectivity index (χ0) is 9.54. The number of hydrogen-bond donors (Lipinski definition) is 1. The Morgan fingerprint density at radius 3 is 2.43 bits per heavy atom. The molecular weight excluding hydrogens is 196 g/mol. The average molecular weight is 210 g/mol. The number of nitrogens with one attached hydrogen (secondary N) is 1. The summed E-state index contributed by atoms with van der Waals surface area (Å²) in [5.74, 6) is 2.73. The molecule has 14 heavy (non-hydrogen) atoms. The third-order valence-corrected chi connectivity index (χ3v) is 3.68. The molecule has 1 heterocycles. The van der Waals surface area contributed by atoms with Crippen molar-refractivity contribution in [3.63, 3.8) is 0 Å². The number of nitrogens with zero attached hydrogens (tertiary/aromatic N) is 3. The summed E-state index contributed by atoms with van der Waals surface area (Å²) >= 11 is 5.08. The fourth-order valence-corrected chi connectivity index (χ4v) is 2.43. The van der Waals surface area contributed by atoms with Crippen LogP contribution in [-0.2, 0) is 6.54 Å². The largest absolute Gasteiger partial charge is 0.242 e. The van der Waals surface area contributed by atoms with Crippen LogP contribution >= 0.6 is 12.2 Å². The maximum Gasteiger partial charge on any atom is 0.238 e. The molecule has 0 spiro atoms. The lowest BCUT2D eigenvalue weighted by Gasteiger charge is -2.14. The van der Waals surface area contributed by atoms with Gasteiger partial charge < -0.3 is 0 Å². The van der Waals surface area contributed by atoms with Crippen molar-refractivity contribution in [2.75, 3.05) is 0 Å². The molecular formula is C9H14N4S. The van der Waals surface area contributed by atoms with Gasteiger partial charge in [-0.05, 0) is 55.7 Å². The van der Waals surface area contributed by atoms with Crippen LogP contribution in [0.1, 0.15) is 25.7 Å². The van der Waals surface area contributed by atoms with Crippen LogP contribution in [-0.4, -0.2) is 20.2 Å². The molecule has 0 amide bonds. The first-order valence-electron chi connectivity index (χ1n) is 5.32. The Labute approximate surface area is 87.7 Å². The molecule has 76 valence electrons. The number of aromatic nitrogens is 4. The minimum atomic E-state index is 0.594. The van der Waals surface area contributed by atoms with Gasteiger partial charge in [0.05, 0.1) is 0 Å². The second-order valence-corrected chi connectivity index (χ2v) is 4.90. The normalized spacial score (nSPS) is 21.8. The summed E-state index contributed by atoms with van der Waals surface area (Å²) in [6, 6.07) is 0. The third-order valence-electron chi connectivity index (χ3n) is 3.38. The van der Waals surface area contributed by atoms with Crippen LogP contribution in [0, 0.1) is 22.5 Å². The predicted molar refractivity (Wildman–Crippen MR) is 54.1 cm³/mol. The summed E-state index contributed by atoms with van der Waals surface area (Å²) in [6.45, 7) is 1.00. The highest BCUT2D eigenvalue weighted by atomic mass is 32.1. The number of hydrogen-bond acceptors (Lipinski definition) is 3. The van der Waals surface area contributed by atoms with Crippen molar-refractivity contribution in [3.05, 3.63) is 4.77 Å². The molecule has 2 aliphatic rings. The van der Waals surface area contributed by atoms with E-state index in [1.807, 2.05) is 4.68 Å². The van der Waals surface area contributed by atoms with E-state index in [0.29, 0.717) is 4.77 Å². The molecule has 2 fully saturated rings. The van der Waals surface area contributed by atoms with Crippen molar-refractivity contribution in [3.8, 4) is 0 Å². The molecule has 1 aromatic rings. The SMILES string of the molecule is S=c1nn[nH]n1CC(C1CC1)C1CC1. The molecule has 0 aliphatic heterocycles. The molecule has 5 heteroatoms. The van der Waals surface area contributed by atoms with Gasteiger partial charge in [0, 0.05) is 6.54 Å². The molecule has 4 nitrogen and oxygen atoms in total. The van der Waals surface area contributed by atoms with Crippen molar-refractivity contribution in [1.29, 1.82) is 0 Å². The van der Waals surface area contributed by atoms with Crippen LogP contribution in [0.15, 0.2) is 0 Å². The van der Waals surface area contributed by atoms with E-state index in [1.165, 1.54) is 25.7 Å². The molecule has 2 saturated carbocycles. The van der Waals surface area contributed by atoms with Crippen molar-refractivity contribution >= 4 is 12.2 Å². The molecule has 0 unspecified atom stereocenters. The molecule has 1 aromatic heterocycles. The molecule has 0 saturated heterocycles.